The van der Waals surface area contributed by atoms with E-state index in [1.165, 1.54) is 12.1 Å². The fraction of sp³-hybridized carbons (Fsp3) is 0.222. The maximum absolute atomic E-state index is 13.4. The number of amides is 1. The summed E-state index contributed by atoms with van der Waals surface area (Å²) in [6, 6.07) is 13.9. The van der Waals surface area contributed by atoms with Crippen molar-refractivity contribution in [1.82, 2.24) is 9.88 Å². The van der Waals surface area contributed by atoms with E-state index in [-0.39, 0.29) is 17.8 Å². The highest BCUT2D eigenvalue weighted by Crippen LogP contribution is 2.37. The molecule has 3 nitrogen and oxygen atoms in total. The average Bonchev–Trinajstić information content (AvgIpc) is 3.20. The van der Waals surface area contributed by atoms with Gasteiger partial charge in [0.2, 0.25) is 0 Å². The molecular weight excluding hydrogens is 311 g/mol. The predicted octanol–water partition coefficient (Wildman–Crippen LogP) is 4.41. The van der Waals surface area contributed by atoms with Crippen LogP contribution in [0.4, 0.5) is 4.39 Å². The van der Waals surface area contributed by atoms with Crippen LogP contribution in [-0.4, -0.2) is 22.3 Å². The highest BCUT2D eigenvalue weighted by Gasteiger charge is 2.32. The fourth-order valence-electron chi connectivity index (χ4n) is 3.09. The van der Waals surface area contributed by atoms with E-state index >= 15 is 0 Å². The summed E-state index contributed by atoms with van der Waals surface area (Å²) >= 11 is 1.63. The monoisotopic (exact) mass is 326 g/mol. The maximum Gasteiger partial charge on any atom is 0.254 e. The van der Waals surface area contributed by atoms with Crippen molar-refractivity contribution in [3.63, 3.8) is 0 Å². The Labute approximate surface area is 137 Å². The number of fused-ring (bicyclic) bond motifs is 1. The molecule has 0 bridgehead atoms. The molecule has 1 saturated heterocycles. The summed E-state index contributed by atoms with van der Waals surface area (Å²) in [5.74, 6) is -0.502. The summed E-state index contributed by atoms with van der Waals surface area (Å²) in [7, 11) is 0. The van der Waals surface area contributed by atoms with E-state index in [1.807, 2.05) is 29.2 Å². The van der Waals surface area contributed by atoms with Gasteiger partial charge in [-0.25, -0.2) is 9.37 Å². The lowest BCUT2D eigenvalue weighted by Crippen LogP contribution is -2.30. The van der Waals surface area contributed by atoms with Gasteiger partial charge >= 0.3 is 0 Å². The first-order chi connectivity index (χ1) is 11.2. The Morgan fingerprint density at radius 2 is 2.09 bits per heavy atom. The molecule has 0 radical (unpaired) electrons. The van der Waals surface area contributed by atoms with Crippen LogP contribution >= 0.6 is 11.3 Å². The van der Waals surface area contributed by atoms with Crippen molar-refractivity contribution in [2.24, 2.45) is 0 Å². The number of hydrogen-bond acceptors (Lipinski definition) is 3. The van der Waals surface area contributed by atoms with Crippen molar-refractivity contribution in [2.75, 3.05) is 6.54 Å². The summed E-state index contributed by atoms with van der Waals surface area (Å²) in [6.07, 6.45) is 1.85. The number of thiazole rings is 1. The number of rotatable bonds is 2. The van der Waals surface area contributed by atoms with Crippen LogP contribution in [0.3, 0.4) is 0 Å². The van der Waals surface area contributed by atoms with Crippen LogP contribution in [0.1, 0.15) is 34.2 Å². The Kier molecular flexibility index (Phi) is 3.58. The molecule has 0 N–H and O–H groups in total. The van der Waals surface area contributed by atoms with Gasteiger partial charge in [0, 0.05) is 12.1 Å². The van der Waals surface area contributed by atoms with Crippen LogP contribution < -0.4 is 0 Å². The van der Waals surface area contributed by atoms with Gasteiger partial charge in [0.1, 0.15) is 10.8 Å². The number of likely N-dealkylation sites (tertiary alicyclic amines) is 1. The minimum atomic E-state index is -0.383. The Bertz CT molecular complexity index is 843. The normalized spacial score (nSPS) is 17.8. The first-order valence-corrected chi connectivity index (χ1v) is 8.46. The van der Waals surface area contributed by atoms with E-state index in [2.05, 4.69) is 4.98 Å². The van der Waals surface area contributed by atoms with Crippen LogP contribution in [0, 0.1) is 5.82 Å². The van der Waals surface area contributed by atoms with Crippen molar-refractivity contribution in [2.45, 2.75) is 18.9 Å². The maximum atomic E-state index is 13.4. The SMILES string of the molecule is O=C(c1cccc(F)c1)N1CCC[C@@H]1c1nc2ccccc2s1. The van der Waals surface area contributed by atoms with Crippen molar-refractivity contribution >= 4 is 27.5 Å². The molecule has 1 aliphatic heterocycles. The number of benzene rings is 2. The molecule has 0 saturated carbocycles. The number of carbonyl (C=O) groups excluding carboxylic acids is 1. The zero-order valence-corrected chi connectivity index (χ0v) is 13.2. The van der Waals surface area contributed by atoms with E-state index in [4.69, 9.17) is 0 Å². The Morgan fingerprint density at radius 1 is 1.22 bits per heavy atom. The molecule has 5 heteroatoms. The van der Waals surface area contributed by atoms with Crippen LogP contribution in [-0.2, 0) is 0 Å². The molecule has 0 spiro atoms. The molecule has 1 amide bonds. The standard InChI is InChI=1S/C18H15FN2OS/c19-13-6-3-5-12(11-13)18(22)21-10-4-8-15(21)17-20-14-7-1-2-9-16(14)23-17/h1-3,5-7,9,11,15H,4,8,10H2/t15-/m1/s1. The van der Waals surface area contributed by atoms with E-state index in [0.29, 0.717) is 12.1 Å². The van der Waals surface area contributed by atoms with Gasteiger partial charge in [0.15, 0.2) is 0 Å². The predicted molar refractivity (Wildman–Crippen MR) is 89.0 cm³/mol. The Balaban J connectivity index is 1.67. The molecule has 116 valence electrons. The van der Waals surface area contributed by atoms with Crippen molar-refractivity contribution < 1.29 is 9.18 Å². The van der Waals surface area contributed by atoms with E-state index < -0.39 is 0 Å². The molecule has 4 rings (SSSR count). The van der Waals surface area contributed by atoms with E-state index in [1.54, 1.807) is 23.5 Å². The van der Waals surface area contributed by atoms with Crippen LogP contribution in [0.2, 0.25) is 0 Å². The van der Waals surface area contributed by atoms with Gasteiger partial charge < -0.3 is 4.90 Å². The lowest BCUT2D eigenvalue weighted by Gasteiger charge is -2.23. The van der Waals surface area contributed by atoms with Crippen LogP contribution in [0.5, 0.6) is 0 Å². The summed E-state index contributed by atoms with van der Waals surface area (Å²) in [4.78, 5) is 19.2. The second kappa shape index (κ2) is 5.74. The molecule has 2 aromatic carbocycles. The first kappa shape index (κ1) is 14.3. The molecule has 3 aromatic rings. The fourth-order valence-corrected chi connectivity index (χ4v) is 4.20. The highest BCUT2D eigenvalue weighted by molar-refractivity contribution is 7.18. The third kappa shape index (κ3) is 2.61. The van der Waals surface area contributed by atoms with Gasteiger partial charge in [0.05, 0.1) is 16.3 Å². The minimum Gasteiger partial charge on any atom is -0.329 e. The van der Waals surface area contributed by atoms with Gasteiger partial charge in [-0.05, 0) is 43.2 Å². The molecule has 1 atom stereocenters. The van der Waals surface area contributed by atoms with Gasteiger partial charge in [-0.15, -0.1) is 11.3 Å². The number of hydrogen-bond donors (Lipinski definition) is 0. The lowest BCUT2D eigenvalue weighted by molar-refractivity contribution is 0.0735. The third-order valence-corrected chi connectivity index (χ3v) is 5.32. The molecule has 2 heterocycles. The van der Waals surface area contributed by atoms with Gasteiger partial charge in [0.25, 0.3) is 5.91 Å². The second-order valence-electron chi connectivity index (χ2n) is 5.69. The molecule has 1 aliphatic rings. The second-order valence-corrected chi connectivity index (χ2v) is 6.75. The van der Waals surface area contributed by atoms with Crippen molar-refractivity contribution in [3.8, 4) is 0 Å². The van der Waals surface area contributed by atoms with Gasteiger partial charge in [-0.1, -0.05) is 18.2 Å². The van der Waals surface area contributed by atoms with Crippen LogP contribution in [0.25, 0.3) is 10.2 Å². The first-order valence-electron chi connectivity index (χ1n) is 7.64. The Hall–Kier alpha value is -2.27. The minimum absolute atomic E-state index is 0.0110. The van der Waals surface area contributed by atoms with E-state index in [0.717, 1.165) is 28.1 Å². The molecule has 23 heavy (non-hydrogen) atoms. The largest absolute Gasteiger partial charge is 0.329 e. The van der Waals surface area contributed by atoms with E-state index in [9.17, 15) is 9.18 Å². The zero-order valence-electron chi connectivity index (χ0n) is 12.4. The summed E-state index contributed by atoms with van der Waals surface area (Å²) in [5.41, 5.74) is 1.37. The van der Waals surface area contributed by atoms with Crippen molar-refractivity contribution in [1.29, 1.82) is 0 Å². The number of halogens is 1. The highest BCUT2D eigenvalue weighted by atomic mass is 32.1. The van der Waals surface area contributed by atoms with Gasteiger partial charge in [-0.2, -0.15) is 0 Å². The molecule has 1 aromatic heterocycles. The summed E-state index contributed by atoms with van der Waals surface area (Å²) < 4.78 is 14.5. The van der Waals surface area contributed by atoms with Crippen molar-refractivity contribution in [3.05, 3.63) is 64.9 Å². The van der Waals surface area contributed by atoms with Crippen LogP contribution in [0.15, 0.2) is 48.5 Å². The molecular formula is C18H15FN2OS. The zero-order chi connectivity index (χ0) is 15.8. The van der Waals surface area contributed by atoms with Gasteiger partial charge in [-0.3, -0.25) is 4.79 Å². The molecule has 1 fully saturated rings. The summed E-state index contributed by atoms with van der Waals surface area (Å²) in [6.45, 7) is 0.690. The third-order valence-electron chi connectivity index (χ3n) is 4.18. The smallest absolute Gasteiger partial charge is 0.254 e. The number of aromatic nitrogens is 1. The number of para-hydroxylation sites is 1. The lowest BCUT2D eigenvalue weighted by atomic mass is 10.1. The molecule has 0 unspecified atom stereocenters. The summed E-state index contributed by atoms with van der Waals surface area (Å²) in [5, 5.41) is 0.966. The quantitative estimate of drug-likeness (QED) is 0.699. The Morgan fingerprint density at radius 3 is 2.91 bits per heavy atom. The number of carbonyl (C=O) groups is 1. The molecule has 0 aliphatic carbocycles. The number of nitrogens with zero attached hydrogens (tertiary/aromatic N) is 2. The topological polar surface area (TPSA) is 33.2 Å². The average molecular weight is 326 g/mol.